The van der Waals surface area contributed by atoms with Crippen molar-refractivity contribution in [3.63, 3.8) is 0 Å². The second kappa shape index (κ2) is 5.21. The molecule has 3 rings (SSSR count). The van der Waals surface area contributed by atoms with Gasteiger partial charge in [0.1, 0.15) is 5.75 Å². The van der Waals surface area contributed by atoms with Crippen molar-refractivity contribution in [1.29, 1.82) is 0 Å². The smallest absolute Gasteiger partial charge is 0.262 e. The zero-order valence-electron chi connectivity index (χ0n) is 11.4. The molecule has 1 aromatic rings. The number of amides is 1. The van der Waals surface area contributed by atoms with Crippen LogP contribution in [0, 0.1) is 0 Å². The van der Waals surface area contributed by atoms with Crippen LogP contribution >= 0.6 is 0 Å². The first kappa shape index (κ1) is 15.3. The second-order valence-electron chi connectivity index (χ2n) is 5.22. The van der Waals surface area contributed by atoms with Gasteiger partial charge in [0.25, 0.3) is 5.91 Å². The number of ether oxygens (including phenoxy) is 1. The number of hydrogen-bond acceptors (Lipinski definition) is 6. The van der Waals surface area contributed by atoms with Gasteiger partial charge in [0, 0.05) is 6.04 Å². The number of carbonyl (C=O) groups excluding carboxylic acids is 1. The maximum Gasteiger partial charge on any atom is 0.262 e. The molecule has 0 radical (unpaired) electrons. The Kier molecular flexibility index (Phi) is 3.62. The zero-order valence-corrected chi connectivity index (χ0v) is 13.0. The first-order valence-electron chi connectivity index (χ1n) is 6.55. The zero-order chi connectivity index (χ0) is 16.0. The number of hydrogen-bond donors (Lipinski definition) is 2. The number of benzene rings is 1. The Morgan fingerprint density at radius 1 is 1.32 bits per heavy atom. The molecule has 0 saturated carbocycles. The van der Waals surface area contributed by atoms with Gasteiger partial charge in [0.05, 0.1) is 22.1 Å². The lowest BCUT2D eigenvalue weighted by Crippen LogP contribution is -2.35. The van der Waals surface area contributed by atoms with E-state index in [0.29, 0.717) is 5.75 Å². The average Bonchev–Trinajstić information content (AvgIpc) is 2.76. The Bertz CT molecular complexity index is 831. The number of nitrogens with one attached hydrogen (secondary N) is 2. The highest BCUT2D eigenvalue weighted by Crippen LogP contribution is 2.30. The van der Waals surface area contributed by atoms with Crippen LogP contribution in [-0.4, -0.2) is 46.9 Å². The summed E-state index contributed by atoms with van der Waals surface area (Å²) in [7, 11) is -7.04. The van der Waals surface area contributed by atoms with Crippen molar-refractivity contribution in [2.24, 2.45) is 0 Å². The summed E-state index contributed by atoms with van der Waals surface area (Å²) in [5, 5.41) is 2.53. The monoisotopic (exact) mass is 346 g/mol. The maximum absolute atomic E-state index is 12.3. The Hall–Kier alpha value is -1.65. The highest BCUT2D eigenvalue weighted by Gasteiger charge is 2.32. The molecule has 2 aliphatic rings. The van der Waals surface area contributed by atoms with Gasteiger partial charge in [0.15, 0.2) is 16.4 Å². The van der Waals surface area contributed by atoms with Crippen LogP contribution in [0.1, 0.15) is 6.42 Å². The van der Waals surface area contributed by atoms with Crippen molar-refractivity contribution in [2.45, 2.75) is 17.4 Å². The van der Waals surface area contributed by atoms with E-state index in [1.54, 1.807) is 0 Å². The molecule has 1 aromatic carbocycles. The van der Waals surface area contributed by atoms with Gasteiger partial charge in [-0.05, 0) is 24.6 Å². The van der Waals surface area contributed by atoms with Gasteiger partial charge < -0.3 is 10.1 Å². The summed E-state index contributed by atoms with van der Waals surface area (Å²) >= 11 is 0. The summed E-state index contributed by atoms with van der Waals surface area (Å²) in [6.45, 7) is -0.114. The molecule has 0 aliphatic carbocycles. The fourth-order valence-corrected chi connectivity index (χ4v) is 5.48. The lowest BCUT2D eigenvalue weighted by Gasteiger charge is -2.19. The van der Waals surface area contributed by atoms with E-state index in [-0.39, 0.29) is 41.0 Å². The highest BCUT2D eigenvalue weighted by molar-refractivity contribution is 7.92. The summed E-state index contributed by atoms with van der Waals surface area (Å²) in [6.07, 6.45) is 0.256. The van der Waals surface area contributed by atoms with E-state index in [1.807, 2.05) is 0 Å². The molecule has 10 heteroatoms. The van der Waals surface area contributed by atoms with E-state index < -0.39 is 25.9 Å². The molecule has 0 bridgehead atoms. The quantitative estimate of drug-likeness (QED) is 0.760. The molecular weight excluding hydrogens is 332 g/mol. The van der Waals surface area contributed by atoms with Crippen LogP contribution in [0.4, 0.5) is 5.69 Å². The van der Waals surface area contributed by atoms with Gasteiger partial charge in [-0.25, -0.2) is 21.6 Å². The van der Waals surface area contributed by atoms with Crippen LogP contribution in [0.5, 0.6) is 5.75 Å². The van der Waals surface area contributed by atoms with E-state index in [9.17, 15) is 21.6 Å². The van der Waals surface area contributed by atoms with Crippen LogP contribution in [-0.2, 0) is 24.7 Å². The maximum atomic E-state index is 12.3. The van der Waals surface area contributed by atoms with Crippen molar-refractivity contribution < 1.29 is 26.4 Å². The molecule has 1 saturated heterocycles. The summed E-state index contributed by atoms with van der Waals surface area (Å²) in [4.78, 5) is 11.2. The van der Waals surface area contributed by atoms with Gasteiger partial charge in [-0.3, -0.25) is 4.79 Å². The van der Waals surface area contributed by atoms with Crippen LogP contribution in [0.3, 0.4) is 0 Å². The van der Waals surface area contributed by atoms with E-state index in [0.717, 1.165) is 0 Å². The first-order valence-corrected chi connectivity index (χ1v) is 9.85. The topological polar surface area (TPSA) is 119 Å². The van der Waals surface area contributed by atoms with E-state index in [1.165, 1.54) is 18.2 Å². The Balaban J connectivity index is 1.84. The van der Waals surface area contributed by atoms with E-state index in [2.05, 4.69) is 10.0 Å². The normalized spacial score (nSPS) is 23.5. The number of sulfone groups is 1. The summed E-state index contributed by atoms with van der Waals surface area (Å²) in [6, 6.07) is 3.46. The van der Waals surface area contributed by atoms with Crippen LogP contribution in [0.2, 0.25) is 0 Å². The molecule has 120 valence electrons. The van der Waals surface area contributed by atoms with Gasteiger partial charge in [-0.2, -0.15) is 0 Å². The molecule has 8 nitrogen and oxygen atoms in total. The second-order valence-corrected chi connectivity index (χ2v) is 9.16. The highest BCUT2D eigenvalue weighted by atomic mass is 32.2. The predicted octanol–water partition coefficient (Wildman–Crippen LogP) is -0.517. The van der Waals surface area contributed by atoms with Crippen molar-refractivity contribution >= 4 is 31.5 Å². The minimum Gasteiger partial charge on any atom is -0.482 e. The largest absolute Gasteiger partial charge is 0.482 e. The molecular formula is C12H14N2O6S2. The molecule has 22 heavy (non-hydrogen) atoms. The Morgan fingerprint density at radius 2 is 2.09 bits per heavy atom. The van der Waals surface area contributed by atoms with Crippen molar-refractivity contribution in [1.82, 2.24) is 4.72 Å². The lowest BCUT2D eigenvalue weighted by atomic mass is 10.2. The summed E-state index contributed by atoms with van der Waals surface area (Å²) in [5.74, 6) is -0.190. The third kappa shape index (κ3) is 3.08. The summed E-state index contributed by atoms with van der Waals surface area (Å²) < 4.78 is 54.9. The van der Waals surface area contributed by atoms with Crippen LogP contribution < -0.4 is 14.8 Å². The van der Waals surface area contributed by atoms with Gasteiger partial charge in [-0.1, -0.05) is 0 Å². The van der Waals surface area contributed by atoms with Gasteiger partial charge in [-0.15, -0.1) is 0 Å². The first-order chi connectivity index (χ1) is 10.3. The molecule has 2 N–H and O–H groups in total. The van der Waals surface area contributed by atoms with E-state index >= 15 is 0 Å². The SMILES string of the molecule is O=C1COc2ccc(S(=O)(=O)N[C@@H]3CCS(=O)(=O)C3)cc2N1. The predicted molar refractivity (Wildman–Crippen MR) is 77.9 cm³/mol. The number of rotatable bonds is 3. The van der Waals surface area contributed by atoms with Gasteiger partial charge in [0.2, 0.25) is 10.0 Å². The standard InChI is InChI=1S/C12H14N2O6S2/c15-12-6-20-11-2-1-9(5-10(11)13-12)22(18,19)14-8-3-4-21(16,17)7-8/h1-2,5,8,14H,3-4,6-7H2,(H,13,15)/t8-/m1/s1. The third-order valence-corrected chi connectivity index (χ3v) is 6.73. The lowest BCUT2D eigenvalue weighted by molar-refractivity contribution is -0.118. The van der Waals surface area contributed by atoms with Crippen molar-refractivity contribution in [2.75, 3.05) is 23.4 Å². The average molecular weight is 346 g/mol. The van der Waals surface area contributed by atoms with Crippen LogP contribution in [0.25, 0.3) is 0 Å². The fraction of sp³-hybridized carbons (Fsp3) is 0.417. The van der Waals surface area contributed by atoms with E-state index in [4.69, 9.17) is 4.74 Å². The minimum atomic E-state index is -3.87. The molecule has 1 fully saturated rings. The molecule has 1 amide bonds. The molecule has 0 spiro atoms. The Labute approximate surface area is 127 Å². The summed E-state index contributed by atoms with van der Waals surface area (Å²) in [5.41, 5.74) is 0.276. The van der Waals surface area contributed by atoms with Crippen molar-refractivity contribution in [3.8, 4) is 5.75 Å². The van der Waals surface area contributed by atoms with Gasteiger partial charge >= 0.3 is 0 Å². The number of carbonyl (C=O) groups is 1. The molecule has 1 atom stereocenters. The van der Waals surface area contributed by atoms with Crippen molar-refractivity contribution in [3.05, 3.63) is 18.2 Å². The minimum absolute atomic E-state index is 0.0196. The molecule has 0 aromatic heterocycles. The molecule has 2 heterocycles. The molecule has 2 aliphatic heterocycles. The number of sulfonamides is 1. The number of anilines is 1. The Morgan fingerprint density at radius 3 is 2.77 bits per heavy atom. The third-order valence-electron chi connectivity index (χ3n) is 3.45. The fourth-order valence-electron chi connectivity index (χ4n) is 2.40. The molecule has 0 unspecified atom stereocenters. The van der Waals surface area contributed by atoms with Crippen LogP contribution in [0.15, 0.2) is 23.1 Å². The number of fused-ring (bicyclic) bond motifs is 1.